The summed E-state index contributed by atoms with van der Waals surface area (Å²) in [5, 5.41) is 42.8. The van der Waals surface area contributed by atoms with Crippen molar-refractivity contribution in [3.8, 4) is 0 Å². The first-order valence-electron chi connectivity index (χ1n) is 16.4. The predicted molar refractivity (Wildman–Crippen MR) is 164 cm³/mol. The summed E-state index contributed by atoms with van der Waals surface area (Å²) in [6.07, 6.45) is 20.3. The van der Waals surface area contributed by atoms with Gasteiger partial charge in [-0.1, -0.05) is 64.7 Å². The van der Waals surface area contributed by atoms with Crippen LogP contribution >= 0.6 is 0 Å². The normalized spacial score (nSPS) is 23.0. The molecule has 2 aromatic rings. The molecule has 3 rings (SSSR count). The number of carboxylic acids is 1. The number of nitrogens with one attached hydrogen (secondary N) is 2. The molecule has 0 spiro atoms. The Labute approximate surface area is 247 Å². The van der Waals surface area contributed by atoms with Crippen LogP contribution in [0.3, 0.4) is 0 Å². The van der Waals surface area contributed by atoms with E-state index in [9.17, 15) is 25.2 Å². The zero-order chi connectivity index (χ0) is 29.5. The second-order valence-electron chi connectivity index (χ2n) is 12.8. The first-order valence-corrected chi connectivity index (χ1v) is 16.4. The molecule has 6 unspecified atom stereocenters. The van der Waals surface area contributed by atoms with Crippen LogP contribution in [-0.4, -0.2) is 54.2 Å². The number of aromatic amines is 2. The topological polar surface area (TPSA) is 130 Å². The second kappa shape index (κ2) is 17.8. The van der Waals surface area contributed by atoms with Crippen LogP contribution in [0.15, 0.2) is 36.8 Å². The van der Waals surface area contributed by atoms with Crippen molar-refractivity contribution in [2.75, 3.05) is 0 Å². The lowest BCUT2D eigenvalue weighted by atomic mass is 9.81. The van der Waals surface area contributed by atoms with E-state index in [4.69, 9.17) is 0 Å². The Morgan fingerprint density at radius 1 is 0.951 bits per heavy atom. The summed E-state index contributed by atoms with van der Waals surface area (Å²) < 4.78 is 0. The molecule has 0 radical (unpaired) electrons. The number of unbranched alkanes of at least 4 members (excludes halogenated alkanes) is 7. The van der Waals surface area contributed by atoms with Gasteiger partial charge in [0.05, 0.1) is 23.7 Å². The van der Waals surface area contributed by atoms with Crippen molar-refractivity contribution in [3.63, 3.8) is 0 Å². The molecule has 232 valence electrons. The van der Waals surface area contributed by atoms with E-state index >= 15 is 0 Å². The van der Waals surface area contributed by atoms with Gasteiger partial charge in [-0.25, -0.2) is 0 Å². The van der Waals surface area contributed by atoms with Crippen LogP contribution in [0.25, 0.3) is 0 Å². The molecule has 0 aliphatic heterocycles. The summed E-state index contributed by atoms with van der Waals surface area (Å²) in [7, 11) is 0. The SMILES string of the molecule is CCCCCCCC(O)CCCCCCC(C(=O)O)C(O)CCC1(O)CC(Cc2cc[nH]c2)CC1Cc1ccc[nH]1. The highest BCUT2D eigenvalue weighted by Crippen LogP contribution is 2.46. The van der Waals surface area contributed by atoms with Gasteiger partial charge in [0, 0.05) is 24.3 Å². The van der Waals surface area contributed by atoms with Crippen LogP contribution < -0.4 is 0 Å². The maximum Gasteiger partial charge on any atom is 0.309 e. The maximum atomic E-state index is 12.0. The van der Waals surface area contributed by atoms with E-state index in [1.807, 2.05) is 30.7 Å². The second-order valence-corrected chi connectivity index (χ2v) is 12.8. The summed E-state index contributed by atoms with van der Waals surface area (Å²) in [5.41, 5.74) is 1.41. The standard InChI is InChI=1S/C34H56N2O5/c1-2-3-4-5-8-13-30(37)14-9-6-7-10-15-31(33(39)40)32(38)16-18-34(41)24-27(21-26-17-20-35-25-26)22-28(34)23-29-12-11-19-36-29/h11-12,17,19-20,25,27-28,30-32,35-38,41H,2-10,13-16,18,21-24H2,1H3,(H,39,40). The average molecular weight is 573 g/mol. The molecule has 7 nitrogen and oxygen atoms in total. The quantitative estimate of drug-likeness (QED) is 0.0866. The van der Waals surface area contributed by atoms with Gasteiger partial charge < -0.3 is 30.4 Å². The van der Waals surface area contributed by atoms with Crippen molar-refractivity contribution >= 4 is 5.97 Å². The summed E-state index contributed by atoms with van der Waals surface area (Å²) >= 11 is 0. The van der Waals surface area contributed by atoms with Gasteiger partial charge in [0.25, 0.3) is 0 Å². The number of rotatable bonds is 22. The third-order valence-electron chi connectivity index (χ3n) is 9.43. The van der Waals surface area contributed by atoms with Crippen LogP contribution in [0.1, 0.15) is 121 Å². The van der Waals surface area contributed by atoms with Crippen LogP contribution in [0.2, 0.25) is 0 Å². The van der Waals surface area contributed by atoms with Gasteiger partial charge in [0.1, 0.15) is 0 Å². The first kappa shape index (κ1) is 33.4. The number of aliphatic hydroxyl groups excluding tert-OH is 2. The lowest BCUT2D eigenvalue weighted by Crippen LogP contribution is -2.37. The molecule has 1 aliphatic rings. The van der Waals surface area contributed by atoms with Crippen LogP contribution in [0.5, 0.6) is 0 Å². The Morgan fingerprint density at radius 2 is 1.66 bits per heavy atom. The molecule has 1 fully saturated rings. The van der Waals surface area contributed by atoms with Gasteiger partial charge in [-0.15, -0.1) is 0 Å². The smallest absolute Gasteiger partial charge is 0.309 e. The first-order chi connectivity index (χ1) is 19.8. The third-order valence-corrected chi connectivity index (χ3v) is 9.43. The minimum Gasteiger partial charge on any atom is -0.481 e. The van der Waals surface area contributed by atoms with E-state index in [0.29, 0.717) is 25.2 Å². The number of H-pyrrole nitrogens is 2. The fourth-order valence-electron chi connectivity index (χ4n) is 6.99. The summed E-state index contributed by atoms with van der Waals surface area (Å²) in [6.45, 7) is 2.21. The molecule has 1 saturated carbocycles. The highest BCUT2D eigenvalue weighted by Gasteiger charge is 2.46. The van der Waals surface area contributed by atoms with Gasteiger partial charge in [0.2, 0.25) is 0 Å². The lowest BCUT2D eigenvalue weighted by molar-refractivity contribution is -0.146. The van der Waals surface area contributed by atoms with Crippen molar-refractivity contribution in [1.82, 2.24) is 9.97 Å². The van der Waals surface area contributed by atoms with Gasteiger partial charge >= 0.3 is 5.97 Å². The number of hydrogen-bond acceptors (Lipinski definition) is 4. The van der Waals surface area contributed by atoms with Gasteiger partial charge in [0.15, 0.2) is 0 Å². The van der Waals surface area contributed by atoms with Gasteiger partial charge in [-0.3, -0.25) is 4.79 Å². The largest absolute Gasteiger partial charge is 0.481 e. The van der Waals surface area contributed by atoms with E-state index in [1.54, 1.807) is 0 Å². The molecule has 1 aliphatic carbocycles. The predicted octanol–water partition coefficient (Wildman–Crippen LogP) is 6.79. The zero-order valence-corrected chi connectivity index (χ0v) is 25.3. The van der Waals surface area contributed by atoms with Crippen LogP contribution in [-0.2, 0) is 17.6 Å². The summed E-state index contributed by atoms with van der Waals surface area (Å²) in [4.78, 5) is 18.4. The van der Waals surface area contributed by atoms with Gasteiger partial charge in [-0.2, -0.15) is 0 Å². The van der Waals surface area contributed by atoms with Crippen molar-refractivity contribution < 1.29 is 25.2 Å². The number of aromatic nitrogens is 2. The lowest BCUT2D eigenvalue weighted by Gasteiger charge is -2.32. The molecular formula is C34H56N2O5. The van der Waals surface area contributed by atoms with E-state index in [-0.39, 0.29) is 18.4 Å². The zero-order valence-electron chi connectivity index (χ0n) is 25.3. The van der Waals surface area contributed by atoms with Gasteiger partial charge in [-0.05, 0) is 93.4 Å². The Balaban J connectivity index is 1.41. The minimum atomic E-state index is -0.971. The number of hydrogen-bond donors (Lipinski definition) is 6. The van der Waals surface area contributed by atoms with Crippen LogP contribution in [0.4, 0.5) is 0 Å². The third kappa shape index (κ3) is 11.6. The number of aliphatic hydroxyl groups is 3. The molecule has 0 bridgehead atoms. The Kier molecular flexibility index (Phi) is 14.5. The molecule has 41 heavy (non-hydrogen) atoms. The van der Waals surface area contributed by atoms with E-state index in [1.165, 1.54) is 31.2 Å². The monoisotopic (exact) mass is 572 g/mol. The van der Waals surface area contributed by atoms with E-state index in [0.717, 1.165) is 69.9 Å². The Bertz CT molecular complexity index is 946. The fraction of sp³-hybridized carbons (Fsp3) is 0.735. The number of aliphatic carboxylic acids is 1. The summed E-state index contributed by atoms with van der Waals surface area (Å²) in [6, 6.07) is 6.10. The van der Waals surface area contributed by atoms with Crippen molar-refractivity contribution in [1.29, 1.82) is 0 Å². The molecule has 7 heteroatoms. The highest BCUT2D eigenvalue weighted by molar-refractivity contribution is 5.70. The molecule has 6 N–H and O–H groups in total. The van der Waals surface area contributed by atoms with Crippen molar-refractivity contribution in [2.24, 2.45) is 17.8 Å². The highest BCUT2D eigenvalue weighted by atomic mass is 16.4. The van der Waals surface area contributed by atoms with Crippen molar-refractivity contribution in [3.05, 3.63) is 48.0 Å². The summed E-state index contributed by atoms with van der Waals surface area (Å²) in [5.74, 6) is -1.36. The maximum absolute atomic E-state index is 12.0. The fourth-order valence-corrected chi connectivity index (χ4v) is 6.99. The number of carboxylic acid groups (broad SMARTS) is 1. The van der Waals surface area contributed by atoms with Crippen LogP contribution in [0, 0.1) is 17.8 Å². The Morgan fingerprint density at radius 3 is 2.27 bits per heavy atom. The van der Waals surface area contributed by atoms with Crippen molar-refractivity contribution in [2.45, 2.75) is 140 Å². The Hall–Kier alpha value is -2.09. The van der Waals surface area contributed by atoms with E-state index < -0.39 is 23.6 Å². The molecule has 0 amide bonds. The minimum absolute atomic E-state index is 0.0623. The average Bonchev–Trinajstić information content (AvgIpc) is 3.70. The molecule has 2 aromatic heterocycles. The molecule has 0 aromatic carbocycles. The number of carbonyl (C=O) groups is 1. The molecule has 6 atom stereocenters. The molecule has 2 heterocycles. The molecular weight excluding hydrogens is 516 g/mol. The molecule has 0 saturated heterocycles. The van der Waals surface area contributed by atoms with E-state index in [2.05, 4.69) is 23.0 Å².